The standard InChI is InChI=1S/C12H16N4O4/c17-10(18)12(2-5-20-6-3-12)16-11(19)14-7-9-1-4-13-8-15-9/h1,4,8H,2-3,5-7H2,(H,17,18)(H2,14,16,19). The molecular formula is C12H16N4O4. The minimum atomic E-state index is -1.26. The molecule has 8 heteroatoms. The van der Waals surface area contributed by atoms with E-state index in [0.29, 0.717) is 18.9 Å². The molecule has 108 valence electrons. The molecule has 3 N–H and O–H groups in total. The normalized spacial score (nSPS) is 17.2. The SMILES string of the molecule is O=C(NCc1ccncn1)NC1(C(=O)O)CCOCC1. The Morgan fingerprint density at radius 2 is 2.15 bits per heavy atom. The molecule has 1 aliphatic heterocycles. The van der Waals surface area contributed by atoms with Gasteiger partial charge in [0.05, 0.1) is 12.2 Å². The van der Waals surface area contributed by atoms with Crippen molar-refractivity contribution in [3.05, 3.63) is 24.3 Å². The summed E-state index contributed by atoms with van der Waals surface area (Å²) in [7, 11) is 0. The molecule has 0 atom stereocenters. The number of carbonyl (C=O) groups excluding carboxylic acids is 1. The van der Waals surface area contributed by atoms with Gasteiger partial charge in [-0.15, -0.1) is 0 Å². The predicted molar refractivity (Wildman–Crippen MR) is 67.8 cm³/mol. The summed E-state index contributed by atoms with van der Waals surface area (Å²) in [5.41, 5.74) is -0.611. The number of rotatable bonds is 4. The van der Waals surface area contributed by atoms with Crippen LogP contribution in [0.3, 0.4) is 0 Å². The van der Waals surface area contributed by atoms with Crippen molar-refractivity contribution in [1.29, 1.82) is 0 Å². The van der Waals surface area contributed by atoms with Crippen LogP contribution in [-0.2, 0) is 16.1 Å². The van der Waals surface area contributed by atoms with Crippen molar-refractivity contribution in [1.82, 2.24) is 20.6 Å². The third-order valence-electron chi connectivity index (χ3n) is 3.18. The number of hydrogen-bond donors (Lipinski definition) is 3. The lowest BCUT2D eigenvalue weighted by molar-refractivity contribution is -0.148. The van der Waals surface area contributed by atoms with Gasteiger partial charge in [0.15, 0.2) is 0 Å². The van der Waals surface area contributed by atoms with Gasteiger partial charge >= 0.3 is 12.0 Å². The molecule has 1 saturated heterocycles. The van der Waals surface area contributed by atoms with Crippen LogP contribution >= 0.6 is 0 Å². The maximum absolute atomic E-state index is 11.8. The van der Waals surface area contributed by atoms with Crippen LogP contribution in [-0.4, -0.2) is 45.8 Å². The summed E-state index contributed by atoms with van der Waals surface area (Å²) in [5.74, 6) is -1.04. The third kappa shape index (κ3) is 3.41. The molecule has 0 aliphatic carbocycles. The second-order valence-electron chi connectivity index (χ2n) is 4.51. The van der Waals surface area contributed by atoms with Crippen molar-refractivity contribution >= 4 is 12.0 Å². The predicted octanol–water partition coefficient (Wildman–Crippen LogP) is -0.0904. The fourth-order valence-electron chi connectivity index (χ4n) is 1.97. The van der Waals surface area contributed by atoms with Gasteiger partial charge in [0.1, 0.15) is 11.9 Å². The molecule has 0 aromatic carbocycles. The van der Waals surface area contributed by atoms with Gasteiger partial charge in [-0.05, 0) is 6.07 Å². The number of amides is 2. The van der Waals surface area contributed by atoms with Crippen LogP contribution in [0, 0.1) is 0 Å². The first-order valence-corrected chi connectivity index (χ1v) is 6.24. The Hall–Kier alpha value is -2.22. The zero-order valence-corrected chi connectivity index (χ0v) is 10.8. The summed E-state index contributed by atoms with van der Waals surface area (Å²) in [4.78, 5) is 30.9. The molecular weight excluding hydrogens is 264 g/mol. The van der Waals surface area contributed by atoms with Gasteiger partial charge in [-0.1, -0.05) is 0 Å². The van der Waals surface area contributed by atoms with E-state index >= 15 is 0 Å². The summed E-state index contributed by atoms with van der Waals surface area (Å²) in [6.07, 6.45) is 3.46. The lowest BCUT2D eigenvalue weighted by Crippen LogP contribution is -2.59. The summed E-state index contributed by atoms with van der Waals surface area (Å²) in [6.45, 7) is 0.845. The van der Waals surface area contributed by atoms with Gasteiger partial charge in [-0.2, -0.15) is 0 Å². The minimum Gasteiger partial charge on any atom is -0.480 e. The van der Waals surface area contributed by atoms with Crippen LogP contribution in [0.15, 0.2) is 18.6 Å². The van der Waals surface area contributed by atoms with Crippen molar-refractivity contribution < 1.29 is 19.4 Å². The molecule has 1 aliphatic rings. The molecule has 8 nitrogen and oxygen atoms in total. The molecule has 0 radical (unpaired) electrons. The Balaban J connectivity index is 1.90. The van der Waals surface area contributed by atoms with Crippen LogP contribution in [0.25, 0.3) is 0 Å². The number of carboxylic acid groups (broad SMARTS) is 1. The number of carbonyl (C=O) groups is 2. The monoisotopic (exact) mass is 280 g/mol. The molecule has 0 unspecified atom stereocenters. The summed E-state index contributed by atoms with van der Waals surface area (Å²) < 4.78 is 5.13. The van der Waals surface area contributed by atoms with Gasteiger partial charge < -0.3 is 20.5 Å². The molecule has 1 fully saturated rings. The average molecular weight is 280 g/mol. The van der Waals surface area contributed by atoms with Crippen molar-refractivity contribution in [2.75, 3.05) is 13.2 Å². The molecule has 2 amide bonds. The van der Waals surface area contributed by atoms with Crippen molar-refractivity contribution in [3.8, 4) is 0 Å². The minimum absolute atomic E-state index is 0.209. The first-order chi connectivity index (χ1) is 9.62. The van der Waals surface area contributed by atoms with Gasteiger partial charge in [0, 0.05) is 32.3 Å². The van der Waals surface area contributed by atoms with Crippen LogP contribution in [0.1, 0.15) is 18.5 Å². The molecule has 0 saturated carbocycles. The van der Waals surface area contributed by atoms with Crippen LogP contribution in [0.5, 0.6) is 0 Å². The van der Waals surface area contributed by atoms with Crippen LogP contribution in [0.2, 0.25) is 0 Å². The fraction of sp³-hybridized carbons (Fsp3) is 0.500. The number of urea groups is 1. The smallest absolute Gasteiger partial charge is 0.329 e. The summed E-state index contributed by atoms with van der Waals surface area (Å²) >= 11 is 0. The van der Waals surface area contributed by atoms with Gasteiger partial charge in [0.25, 0.3) is 0 Å². The lowest BCUT2D eigenvalue weighted by Gasteiger charge is -2.33. The Labute approximate surface area is 115 Å². The van der Waals surface area contributed by atoms with E-state index in [0.717, 1.165) is 0 Å². The Morgan fingerprint density at radius 1 is 1.40 bits per heavy atom. The molecule has 1 aromatic heterocycles. The molecule has 1 aromatic rings. The molecule has 2 heterocycles. The van der Waals surface area contributed by atoms with Crippen molar-refractivity contribution in [2.45, 2.75) is 24.9 Å². The quantitative estimate of drug-likeness (QED) is 0.710. The highest BCUT2D eigenvalue weighted by Crippen LogP contribution is 2.20. The van der Waals surface area contributed by atoms with Gasteiger partial charge in [-0.25, -0.2) is 19.6 Å². The van der Waals surface area contributed by atoms with Crippen LogP contribution < -0.4 is 10.6 Å². The van der Waals surface area contributed by atoms with Crippen molar-refractivity contribution in [2.24, 2.45) is 0 Å². The zero-order valence-electron chi connectivity index (χ0n) is 10.8. The number of aliphatic carboxylic acids is 1. The van der Waals surface area contributed by atoms with E-state index in [9.17, 15) is 14.7 Å². The number of hydrogen-bond acceptors (Lipinski definition) is 5. The van der Waals surface area contributed by atoms with E-state index in [2.05, 4.69) is 20.6 Å². The second-order valence-corrected chi connectivity index (χ2v) is 4.51. The van der Waals surface area contributed by atoms with Crippen LogP contribution in [0.4, 0.5) is 4.79 Å². The molecule has 0 bridgehead atoms. The zero-order chi connectivity index (χ0) is 14.4. The van der Waals surface area contributed by atoms with Gasteiger partial charge in [-0.3, -0.25) is 0 Å². The van der Waals surface area contributed by atoms with E-state index in [-0.39, 0.29) is 19.4 Å². The highest BCUT2D eigenvalue weighted by atomic mass is 16.5. The number of carboxylic acids is 1. The Kier molecular flexibility index (Phi) is 4.46. The third-order valence-corrected chi connectivity index (χ3v) is 3.18. The number of nitrogens with one attached hydrogen (secondary N) is 2. The number of aromatic nitrogens is 2. The van der Waals surface area contributed by atoms with E-state index < -0.39 is 17.5 Å². The van der Waals surface area contributed by atoms with E-state index in [1.165, 1.54) is 6.33 Å². The highest BCUT2D eigenvalue weighted by molar-refractivity contribution is 5.86. The first kappa shape index (κ1) is 14.2. The fourth-order valence-corrected chi connectivity index (χ4v) is 1.97. The summed E-state index contributed by atoms with van der Waals surface area (Å²) in [5, 5.41) is 14.4. The Morgan fingerprint density at radius 3 is 2.75 bits per heavy atom. The number of nitrogens with zero attached hydrogens (tertiary/aromatic N) is 2. The number of ether oxygens (including phenoxy) is 1. The largest absolute Gasteiger partial charge is 0.480 e. The second kappa shape index (κ2) is 6.29. The molecule has 20 heavy (non-hydrogen) atoms. The van der Waals surface area contributed by atoms with Gasteiger partial charge in [0.2, 0.25) is 0 Å². The van der Waals surface area contributed by atoms with Crippen molar-refractivity contribution in [3.63, 3.8) is 0 Å². The Bertz CT molecular complexity index is 474. The summed E-state index contributed by atoms with van der Waals surface area (Å²) in [6, 6.07) is 1.13. The lowest BCUT2D eigenvalue weighted by atomic mass is 9.90. The first-order valence-electron chi connectivity index (χ1n) is 6.24. The van der Waals surface area contributed by atoms with E-state index in [4.69, 9.17) is 4.74 Å². The van der Waals surface area contributed by atoms with E-state index in [1.54, 1.807) is 12.3 Å². The maximum Gasteiger partial charge on any atom is 0.329 e. The average Bonchev–Trinajstić information content (AvgIpc) is 2.47. The highest BCUT2D eigenvalue weighted by Gasteiger charge is 2.41. The van der Waals surface area contributed by atoms with E-state index in [1.807, 2.05) is 0 Å². The maximum atomic E-state index is 11.8. The molecule has 0 spiro atoms. The molecule has 2 rings (SSSR count). The topological polar surface area (TPSA) is 113 Å².